The number of hydrogen-bond acceptors (Lipinski definition) is 4. The van der Waals surface area contributed by atoms with E-state index in [1.165, 1.54) is 6.07 Å². The molecule has 0 amide bonds. The highest BCUT2D eigenvalue weighted by Gasteiger charge is 2.23. The summed E-state index contributed by atoms with van der Waals surface area (Å²) in [5, 5.41) is 8.70. The second kappa shape index (κ2) is 5.37. The Kier molecular flexibility index (Phi) is 4.12. The minimum absolute atomic E-state index is 0.0356. The van der Waals surface area contributed by atoms with Crippen LogP contribution in [0.1, 0.15) is 33.5 Å². The fraction of sp³-hybridized carbons (Fsp3) is 0.273. The maximum atomic E-state index is 12.8. The summed E-state index contributed by atoms with van der Waals surface area (Å²) in [4.78, 5) is 11.4. The Labute approximate surface area is 96.6 Å². The third-order valence-corrected chi connectivity index (χ3v) is 2.22. The number of nitrogens with zero attached hydrogens (tertiary/aromatic N) is 1. The minimum atomic E-state index is -2.87. The number of carbonyl (C=O) groups excluding carboxylic acids is 1. The van der Waals surface area contributed by atoms with Crippen molar-refractivity contribution in [2.45, 2.75) is 13.0 Å². The van der Waals surface area contributed by atoms with E-state index < -0.39 is 18.0 Å². The summed E-state index contributed by atoms with van der Waals surface area (Å²) in [5.74, 6) is -0.884. The van der Waals surface area contributed by atoms with Crippen LogP contribution in [-0.4, -0.2) is 13.1 Å². The summed E-state index contributed by atoms with van der Waals surface area (Å²) in [6.07, 6.45) is -2.87. The number of ether oxygens (including phenoxy) is 1. The summed E-state index contributed by atoms with van der Waals surface area (Å²) in [7, 11) is 1.09. The summed E-state index contributed by atoms with van der Waals surface area (Å²) >= 11 is 0. The van der Waals surface area contributed by atoms with Crippen molar-refractivity contribution in [3.63, 3.8) is 0 Å². The molecular formula is C11H10F2N2O2. The molecule has 0 spiro atoms. The number of rotatable bonds is 3. The van der Waals surface area contributed by atoms with Crippen LogP contribution in [0.15, 0.2) is 12.1 Å². The molecule has 0 heterocycles. The average molecular weight is 240 g/mol. The van der Waals surface area contributed by atoms with Crippen LogP contribution in [0, 0.1) is 11.3 Å². The largest absolute Gasteiger partial charge is 0.465 e. The molecule has 0 aliphatic heterocycles. The maximum absolute atomic E-state index is 12.8. The number of esters is 1. The lowest BCUT2D eigenvalue weighted by atomic mass is 9.98. The van der Waals surface area contributed by atoms with Crippen LogP contribution in [0.3, 0.4) is 0 Å². The van der Waals surface area contributed by atoms with Crippen molar-refractivity contribution < 1.29 is 18.3 Å². The predicted molar refractivity (Wildman–Crippen MR) is 55.3 cm³/mol. The second-order valence-electron chi connectivity index (χ2n) is 3.21. The monoisotopic (exact) mass is 240 g/mol. The van der Waals surface area contributed by atoms with E-state index in [1.807, 2.05) is 0 Å². The van der Waals surface area contributed by atoms with E-state index in [-0.39, 0.29) is 23.2 Å². The molecule has 1 rings (SSSR count). The zero-order valence-corrected chi connectivity index (χ0v) is 9.04. The lowest BCUT2D eigenvalue weighted by Gasteiger charge is -2.12. The number of benzene rings is 1. The number of nitriles is 1. The van der Waals surface area contributed by atoms with Crippen LogP contribution in [0.25, 0.3) is 0 Å². The van der Waals surface area contributed by atoms with Gasteiger partial charge >= 0.3 is 5.97 Å². The molecule has 0 fully saturated rings. The number of nitrogens with two attached hydrogens (primary N) is 1. The first-order valence-corrected chi connectivity index (χ1v) is 4.68. The zero-order valence-electron chi connectivity index (χ0n) is 9.04. The molecule has 1 aromatic carbocycles. The first kappa shape index (κ1) is 13.1. The molecule has 1 aromatic rings. The first-order valence-electron chi connectivity index (χ1n) is 4.68. The van der Waals surface area contributed by atoms with Crippen molar-refractivity contribution in [1.29, 1.82) is 5.26 Å². The van der Waals surface area contributed by atoms with Gasteiger partial charge in [0, 0.05) is 12.1 Å². The molecule has 0 atom stereocenters. The van der Waals surface area contributed by atoms with Crippen LogP contribution in [0.5, 0.6) is 0 Å². The lowest BCUT2D eigenvalue weighted by Crippen LogP contribution is -2.13. The van der Waals surface area contributed by atoms with Gasteiger partial charge in [0.15, 0.2) is 0 Å². The maximum Gasteiger partial charge on any atom is 0.338 e. The van der Waals surface area contributed by atoms with Gasteiger partial charge in [-0.2, -0.15) is 5.26 Å². The van der Waals surface area contributed by atoms with Crippen LogP contribution >= 0.6 is 0 Å². The molecule has 0 saturated heterocycles. The summed E-state index contributed by atoms with van der Waals surface area (Å²) in [6.45, 7) is -0.125. The molecule has 17 heavy (non-hydrogen) atoms. The molecule has 0 saturated carbocycles. The van der Waals surface area contributed by atoms with Gasteiger partial charge in [-0.15, -0.1) is 0 Å². The molecule has 4 nitrogen and oxygen atoms in total. The number of methoxy groups -OCH3 is 1. The van der Waals surface area contributed by atoms with Crippen LogP contribution in [-0.2, 0) is 11.3 Å². The van der Waals surface area contributed by atoms with Gasteiger partial charge in [-0.1, -0.05) is 0 Å². The molecule has 0 unspecified atom stereocenters. The summed E-state index contributed by atoms with van der Waals surface area (Å²) in [5.41, 5.74) is 4.79. The Bertz CT molecular complexity index is 481. The van der Waals surface area contributed by atoms with E-state index in [2.05, 4.69) is 4.74 Å². The normalized spacial score (nSPS) is 10.1. The van der Waals surface area contributed by atoms with E-state index in [4.69, 9.17) is 11.0 Å². The summed E-state index contributed by atoms with van der Waals surface area (Å²) in [6, 6.07) is 4.01. The Morgan fingerprint density at radius 3 is 2.65 bits per heavy atom. The average Bonchev–Trinajstić information content (AvgIpc) is 2.35. The van der Waals surface area contributed by atoms with Crippen molar-refractivity contribution in [3.8, 4) is 6.07 Å². The van der Waals surface area contributed by atoms with Gasteiger partial charge in [-0.3, -0.25) is 0 Å². The second-order valence-corrected chi connectivity index (χ2v) is 3.21. The van der Waals surface area contributed by atoms with E-state index in [1.54, 1.807) is 6.07 Å². The highest BCUT2D eigenvalue weighted by atomic mass is 19.3. The van der Waals surface area contributed by atoms with Crippen molar-refractivity contribution in [3.05, 3.63) is 34.4 Å². The fourth-order valence-corrected chi connectivity index (χ4v) is 1.48. The molecule has 0 aliphatic rings. The standard InChI is InChI=1S/C11H10F2N2O2/c1-17-11(16)9-7(5-15)2-6(4-14)3-8(9)10(12)13/h2-3,10H,5,15H2,1H3. The van der Waals surface area contributed by atoms with E-state index in [0.717, 1.165) is 13.2 Å². The van der Waals surface area contributed by atoms with Gasteiger partial charge in [0.2, 0.25) is 0 Å². The fourth-order valence-electron chi connectivity index (χ4n) is 1.48. The van der Waals surface area contributed by atoms with E-state index >= 15 is 0 Å². The van der Waals surface area contributed by atoms with Gasteiger partial charge in [-0.05, 0) is 17.7 Å². The van der Waals surface area contributed by atoms with E-state index in [9.17, 15) is 13.6 Å². The third kappa shape index (κ3) is 2.57. The summed E-state index contributed by atoms with van der Waals surface area (Å²) < 4.78 is 30.0. The Morgan fingerprint density at radius 2 is 2.24 bits per heavy atom. The van der Waals surface area contributed by atoms with Crippen molar-refractivity contribution >= 4 is 5.97 Å². The Morgan fingerprint density at radius 1 is 1.59 bits per heavy atom. The topological polar surface area (TPSA) is 76.1 Å². The molecule has 0 radical (unpaired) electrons. The van der Waals surface area contributed by atoms with Crippen LogP contribution in [0.4, 0.5) is 8.78 Å². The predicted octanol–water partition coefficient (Wildman–Crippen LogP) is 1.74. The smallest absolute Gasteiger partial charge is 0.338 e. The van der Waals surface area contributed by atoms with Crippen molar-refractivity contribution in [1.82, 2.24) is 0 Å². The highest BCUT2D eigenvalue weighted by Crippen LogP contribution is 2.27. The van der Waals surface area contributed by atoms with Crippen LogP contribution in [0.2, 0.25) is 0 Å². The van der Waals surface area contributed by atoms with Gasteiger partial charge in [0.05, 0.1) is 24.3 Å². The molecule has 90 valence electrons. The van der Waals surface area contributed by atoms with Gasteiger partial charge < -0.3 is 10.5 Å². The minimum Gasteiger partial charge on any atom is -0.465 e. The van der Waals surface area contributed by atoms with E-state index in [0.29, 0.717) is 0 Å². The zero-order chi connectivity index (χ0) is 13.0. The molecule has 0 aliphatic carbocycles. The van der Waals surface area contributed by atoms with Crippen LogP contribution < -0.4 is 5.73 Å². The number of halogens is 2. The molecule has 0 bridgehead atoms. The van der Waals surface area contributed by atoms with Gasteiger partial charge in [0.25, 0.3) is 6.43 Å². The number of hydrogen-bond donors (Lipinski definition) is 1. The molecular weight excluding hydrogens is 230 g/mol. The highest BCUT2D eigenvalue weighted by molar-refractivity contribution is 5.93. The molecule has 0 aromatic heterocycles. The van der Waals surface area contributed by atoms with Crippen molar-refractivity contribution in [2.75, 3.05) is 7.11 Å². The number of alkyl halides is 2. The quantitative estimate of drug-likeness (QED) is 0.816. The van der Waals surface area contributed by atoms with Gasteiger partial charge in [0.1, 0.15) is 0 Å². The first-order chi connectivity index (χ1) is 8.04. The SMILES string of the molecule is COC(=O)c1c(CN)cc(C#N)cc1C(F)F. The van der Waals surface area contributed by atoms with Crippen molar-refractivity contribution in [2.24, 2.45) is 5.73 Å². The number of carbonyl (C=O) groups is 1. The molecule has 6 heteroatoms. The van der Waals surface area contributed by atoms with Gasteiger partial charge in [-0.25, -0.2) is 13.6 Å². The third-order valence-electron chi connectivity index (χ3n) is 2.22. The Hall–Kier alpha value is -2.00. The Balaban J connectivity index is 3.53. The lowest BCUT2D eigenvalue weighted by molar-refractivity contribution is 0.0588. The molecule has 2 N–H and O–H groups in total.